The predicted molar refractivity (Wildman–Crippen MR) is 117 cm³/mol. The van der Waals surface area contributed by atoms with Crippen molar-refractivity contribution in [1.82, 2.24) is 4.98 Å². The van der Waals surface area contributed by atoms with Crippen molar-refractivity contribution in [2.45, 2.75) is 38.7 Å². The average Bonchev–Trinajstić information content (AvgIpc) is 3.17. The summed E-state index contributed by atoms with van der Waals surface area (Å²) in [7, 11) is -2.58. The van der Waals surface area contributed by atoms with Crippen LogP contribution in [0, 0.1) is 6.92 Å². The standard InChI is InChI=1S/C23H27NO6S/c1-4-28-22(31(25,26)27-3)15-12-18-10-13-20(14-11-18)29-16-21-17(2)30-23(24-21)19-8-6-5-7-9-19/h5-11,13-14,22H,4,12,15-16H2,1-3H3/t22-/m0/s1. The van der Waals surface area contributed by atoms with Crippen LogP contribution in [0.4, 0.5) is 0 Å². The maximum atomic E-state index is 11.9. The van der Waals surface area contributed by atoms with Gasteiger partial charge in [-0.15, -0.1) is 0 Å². The number of hydrogen-bond acceptors (Lipinski definition) is 7. The van der Waals surface area contributed by atoms with E-state index in [-0.39, 0.29) is 0 Å². The van der Waals surface area contributed by atoms with Gasteiger partial charge in [-0.2, -0.15) is 8.42 Å². The Morgan fingerprint density at radius 3 is 2.42 bits per heavy atom. The van der Waals surface area contributed by atoms with Crippen molar-refractivity contribution in [3.05, 3.63) is 71.6 Å². The average molecular weight is 446 g/mol. The Bertz CT molecular complexity index is 1060. The van der Waals surface area contributed by atoms with Gasteiger partial charge >= 0.3 is 0 Å². The number of nitrogens with zero attached hydrogens (tertiary/aromatic N) is 1. The smallest absolute Gasteiger partial charge is 0.294 e. The van der Waals surface area contributed by atoms with Gasteiger partial charge in [-0.3, -0.25) is 4.18 Å². The molecule has 0 bridgehead atoms. The SMILES string of the molecule is CCO[C@H](CCc1ccc(OCc2nc(-c3ccccc3)oc2C)cc1)S(=O)(=O)OC. The second-order valence-electron chi connectivity index (χ2n) is 6.90. The van der Waals surface area contributed by atoms with E-state index in [4.69, 9.17) is 13.9 Å². The lowest BCUT2D eigenvalue weighted by Gasteiger charge is -2.16. The first kappa shape index (κ1) is 23.0. The Balaban J connectivity index is 1.57. The van der Waals surface area contributed by atoms with E-state index in [2.05, 4.69) is 9.17 Å². The fourth-order valence-corrected chi connectivity index (χ4v) is 3.98. The Hall–Kier alpha value is -2.68. The molecule has 1 heterocycles. The number of aryl methyl sites for hydroxylation is 2. The Kier molecular flexibility index (Phi) is 7.84. The molecule has 0 aliphatic heterocycles. The van der Waals surface area contributed by atoms with E-state index in [0.29, 0.717) is 37.7 Å². The third-order valence-electron chi connectivity index (χ3n) is 4.79. The van der Waals surface area contributed by atoms with E-state index in [0.717, 1.165) is 29.7 Å². The zero-order chi connectivity index (χ0) is 22.3. The molecule has 0 aliphatic carbocycles. The molecule has 0 unspecified atom stereocenters. The quantitative estimate of drug-likeness (QED) is 0.402. The first-order valence-corrected chi connectivity index (χ1v) is 11.5. The van der Waals surface area contributed by atoms with Crippen molar-refractivity contribution in [2.75, 3.05) is 13.7 Å². The molecule has 1 aromatic heterocycles. The number of benzene rings is 2. The molecule has 0 amide bonds. The molecule has 0 N–H and O–H groups in total. The molecule has 3 aromatic rings. The molecule has 3 rings (SSSR count). The second-order valence-corrected chi connectivity index (χ2v) is 8.75. The third kappa shape index (κ3) is 6.16. The highest BCUT2D eigenvalue weighted by Gasteiger charge is 2.25. The molecule has 2 aromatic carbocycles. The van der Waals surface area contributed by atoms with E-state index in [1.165, 1.54) is 0 Å². The Morgan fingerprint density at radius 2 is 1.77 bits per heavy atom. The van der Waals surface area contributed by atoms with E-state index in [9.17, 15) is 8.42 Å². The second kappa shape index (κ2) is 10.6. The van der Waals surface area contributed by atoms with E-state index in [1.807, 2.05) is 61.5 Å². The zero-order valence-corrected chi connectivity index (χ0v) is 18.7. The molecule has 0 radical (unpaired) electrons. The molecule has 0 saturated carbocycles. The van der Waals surface area contributed by atoms with Crippen LogP contribution >= 0.6 is 0 Å². The fourth-order valence-electron chi connectivity index (χ4n) is 3.06. The van der Waals surface area contributed by atoms with Gasteiger partial charge in [0.25, 0.3) is 10.1 Å². The van der Waals surface area contributed by atoms with Gasteiger partial charge in [0.05, 0.1) is 7.11 Å². The summed E-state index contributed by atoms with van der Waals surface area (Å²) in [5, 5.41) is 0. The van der Waals surface area contributed by atoms with Crippen LogP contribution in [0.2, 0.25) is 0 Å². The van der Waals surface area contributed by atoms with Crippen LogP contribution in [0.5, 0.6) is 5.75 Å². The van der Waals surface area contributed by atoms with Crippen LogP contribution in [0.3, 0.4) is 0 Å². The van der Waals surface area contributed by atoms with E-state index < -0.39 is 15.6 Å². The third-order valence-corrected chi connectivity index (χ3v) is 6.27. The summed E-state index contributed by atoms with van der Waals surface area (Å²) in [4.78, 5) is 4.54. The highest BCUT2D eigenvalue weighted by atomic mass is 32.2. The number of hydrogen-bond donors (Lipinski definition) is 0. The molecule has 31 heavy (non-hydrogen) atoms. The van der Waals surface area contributed by atoms with Crippen LogP contribution in [-0.4, -0.2) is 32.6 Å². The Morgan fingerprint density at radius 1 is 1.06 bits per heavy atom. The predicted octanol–water partition coefficient (Wildman–Crippen LogP) is 4.50. The minimum Gasteiger partial charge on any atom is -0.487 e. The molecular weight excluding hydrogens is 418 g/mol. The summed E-state index contributed by atoms with van der Waals surface area (Å²) in [5.74, 6) is 1.98. The monoisotopic (exact) mass is 445 g/mol. The summed E-state index contributed by atoms with van der Waals surface area (Å²) in [6.45, 7) is 4.21. The van der Waals surface area contributed by atoms with Gasteiger partial charge in [-0.05, 0) is 56.5 Å². The lowest BCUT2D eigenvalue weighted by atomic mass is 10.1. The number of ether oxygens (including phenoxy) is 2. The normalized spacial score (nSPS) is 12.6. The first-order valence-electron chi connectivity index (χ1n) is 10.1. The van der Waals surface area contributed by atoms with Crippen molar-refractivity contribution < 1.29 is 26.5 Å². The minimum absolute atomic E-state index is 0.292. The molecule has 0 spiro atoms. The summed E-state index contributed by atoms with van der Waals surface area (Å²) in [5.41, 5.74) is 1.66. The topological polar surface area (TPSA) is 87.9 Å². The van der Waals surface area contributed by atoms with Crippen LogP contribution in [0.1, 0.15) is 30.4 Å². The summed E-state index contributed by atoms with van der Waals surface area (Å²) < 4.78 is 45.4. The molecule has 0 saturated heterocycles. The van der Waals surface area contributed by atoms with Crippen LogP contribution in [0.15, 0.2) is 59.0 Å². The molecule has 8 heteroatoms. The number of oxazole rings is 1. The van der Waals surface area contributed by atoms with Gasteiger partial charge in [0.1, 0.15) is 23.8 Å². The molecule has 7 nitrogen and oxygen atoms in total. The van der Waals surface area contributed by atoms with Crippen molar-refractivity contribution >= 4 is 10.1 Å². The van der Waals surface area contributed by atoms with Gasteiger partial charge in [0.15, 0.2) is 5.44 Å². The van der Waals surface area contributed by atoms with Crippen LogP contribution in [-0.2, 0) is 32.1 Å². The minimum atomic E-state index is -3.72. The van der Waals surface area contributed by atoms with Crippen LogP contribution in [0.25, 0.3) is 11.5 Å². The largest absolute Gasteiger partial charge is 0.487 e. The van der Waals surface area contributed by atoms with Gasteiger partial charge in [-0.25, -0.2) is 4.98 Å². The van der Waals surface area contributed by atoms with Crippen molar-refractivity contribution in [1.29, 1.82) is 0 Å². The number of aromatic nitrogens is 1. The summed E-state index contributed by atoms with van der Waals surface area (Å²) in [6, 6.07) is 17.2. The molecule has 1 atom stereocenters. The molecule has 0 aliphatic rings. The first-order chi connectivity index (χ1) is 14.9. The van der Waals surface area contributed by atoms with Crippen molar-refractivity contribution in [3.8, 4) is 17.2 Å². The lowest BCUT2D eigenvalue weighted by Crippen LogP contribution is -2.26. The van der Waals surface area contributed by atoms with Gasteiger partial charge < -0.3 is 13.9 Å². The van der Waals surface area contributed by atoms with Gasteiger partial charge in [0.2, 0.25) is 5.89 Å². The van der Waals surface area contributed by atoms with Crippen molar-refractivity contribution in [3.63, 3.8) is 0 Å². The lowest BCUT2D eigenvalue weighted by molar-refractivity contribution is 0.102. The zero-order valence-electron chi connectivity index (χ0n) is 17.9. The summed E-state index contributed by atoms with van der Waals surface area (Å²) in [6.07, 6.45) is 0.848. The highest BCUT2D eigenvalue weighted by Crippen LogP contribution is 2.23. The maximum absolute atomic E-state index is 11.9. The van der Waals surface area contributed by atoms with Gasteiger partial charge in [-0.1, -0.05) is 30.3 Å². The molecule has 166 valence electrons. The number of rotatable bonds is 11. The fraction of sp³-hybridized carbons (Fsp3) is 0.348. The Labute approximate surface area is 183 Å². The van der Waals surface area contributed by atoms with E-state index >= 15 is 0 Å². The summed E-state index contributed by atoms with van der Waals surface area (Å²) >= 11 is 0. The van der Waals surface area contributed by atoms with E-state index in [1.54, 1.807) is 6.92 Å². The maximum Gasteiger partial charge on any atom is 0.294 e. The highest BCUT2D eigenvalue weighted by molar-refractivity contribution is 7.87. The molecular formula is C23H27NO6S. The van der Waals surface area contributed by atoms with Crippen molar-refractivity contribution in [2.24, 2.45) is 0 Å². The van der Waals surface area contributed by atoms with Crippen LogP contribution < -0.4 is 4.74 Å². The molecule has 0 fully saturated rings. The van der Waals surface area contributed by atoms with Gasteiger partial charge in [0, 0.05) is 12.2 Å².